The number of hydrogen-bond acceptors (Lipinski definition) is 6. The lowest BCUT2D eigenvalue weighted by Crippen LogP contribution is -2.48. The van der Waals surface area contributed by atoms with Gasteiger partial charge in [0.05, 0.1) is 16.1 Å². The topological polar surface area (TPSA) is 130 Å². The molecule has 0 bridgehead atoms. The van der Waals surface area contributed by atoms with Gasteiger partial charge in [-0.3, -0.25) is 29.4 Å². The number of nitro benzene ring substituents is 1. The van der Waals surface area contributed by atoms with Crippen molar-refractivity contribution in [3.05, 3.63) is 99.6 Å². The van der Waals surface area contributed by atoms with E-state index in [0.29, 0.717) is 11.3 Å². The molecule has 3 aromatic rings. The summed E-state index contributed by atoms with van der Waals surface area (Å²) in [5.74, 6) is -1.88. The van der Waals surface area contributed by atoms with Crippen LogP contribution in [0.1, 0.15) is 26.3 Å². The van der Waals surface area contributed by atoms with Crippen LogP contribution in [0.15, 0.2) is 72.8 Å². The maximum Gasteiger partial charge on any atom is 0.269 e. The summed E-state index contributed by atoms with van der Waals surface area (Å²) in [5.41, 5.74) is 1.12. The Labute approximate surface area is 182 Å². The maximum absolute atomic E-state index is 13.2. The Bertz CT molecular complexity index is 1200. The minimum absolute atomic E-state index is 0.0475. The summed E-state index contributed by atoms with van der Waals surface area (Å²) in [6.07, 6.45) is -0.0475. The fourth-order valence-electron chi connectivity index (χ4n) is 3.58. The minimum atomic E-state index is -1.22. The second-order valence-corrected chi connectivity index (χ2v) is 7.21. The average molecular weight is 431 g/mol. The summed E-state index contributed by atoms with van der Waals surface area (Å²) in [5, 5.41) is 23.2. The van der Waals surface area contributed by atoms with Gasteiger partial charge >= 0.3 is 0 Å². The predicted molar refractivity (Wildman–Crippen MR) is 114 cm³/mol. The second-order valence-electron chi connectivity index (χ2n) is 7.21. The van der Waals surface area contributed by atoms with Gasteiger partial charge < -0.3 is 10.4 Å². The number of benzene rings is 3. The number of rotatable bonds is 6. The van der Waals surface area contributed by atoms with Gasteiger partial charge in [0.2, 0.25) is 5.91 Å². The normalized spacial score (nSPS) is 13.6. The number of phenolic OH excluding ortho intramolecular Hbond substituents is 1. The van der Waals surface area contributed by atoms with Crippen LogP contribution in [0.5, 0.6) is 5.75 Å². The van der Waals surface area contributed by atoms with E-state index in [1.165, 1.54) is 54.6 Å². The van der Waals surface area contributed by atoms with E-state index in [-0.39, 0.29) is 29.0 Å². The minimum Gasteiger partial charge on any atom is -0.508 e. The van der Waals surface area contributed by atoms with Crippen molar-refractivity contribution in [2.75, 3.05) is 5.32 Å². The highest BCUT2D eigenvalue weighted by molar-refractivity contribution is 6.23. The second kappa shape index (κ2) is 8.31. The van der Waals surface area contributed by atoms with Gasteiger partial charge in [0.15, 0.2) is 0 Å². The summed E-state index contributed by atoms with van der Waals surface area (Å²) < 4.78 is 0. The number of nitrogens with one attached hydrogen (secondary N) is 1. The van der Waals surface area contributed by atoms with Crippen molar-refractivity contribution in [2.45, 2.75) is 12.5 Å². The largest absolute Gasteiger partial charge is 0.508 e. The van der Waals surface area contributed by atoms with Crippen LogP contribution in [0.25, 0.3) is 0 Å². The molecule has 0 saturated heterocycles. The van der Waals surface area contributed by atoms with E-state index in [1.54, 1.807) is 18.2 Å². The van der Waals surface area contributed by atoms with Gasteiger partial charge in [-0.05, 0) is 29.8 Å². The van der Waals surface area contributed by atoms with Crippen molar-refractivity contribution in [1.29, 1.82) is 0 Å². The third-order valence-electron chi connectivity index (χ3n) is 5.13. The number of imide groups is 1. The van der Waals surface area contributed by atoms with Gasteiger partial charge in [-0.25, -0.2) is 0 Å². The monoisotopic (exact) mass is 431 g/mol. The molecule has 1 unspecified atom stereocenters. The lowest BCUT2D eigenvalue weighted by atomic mass is 10.0. The Morgan fingerprint density at radius 2 is 1.59 bits per heavy atom. The highest BCUT2D eigenvalue weighted by Crippen LogP contribution is 2.27. The van der Waals surface area contributed by atoms with E-state index >= 15 is 0 Å². The number of phenols is 1. The Morgan fingerprint density at radius 3 is 2.16 bits per heavy atom. The molecule has 1 atom stereocenters. The number of hydrogen-bond donors (Lipinski definition) is 2. The van der Waals surface area contributed by atoms with E-state index in [0.717, 1.165) is 4.90 Å². The zero-order valence-electron chi connectivity index (χ0n) is 16.6. The fourth-order valence-corrected chi connectivity index (χ4v) is 3.58. The fraction of sp³-hybridized carbons (Fsp3) is 0.0870. The molecule has 0 saturated carbocycles. The smallest absolute Gasteiger partial charge is 0.269 e. The third kappa shape index (κ3) is 3.91. The van der Waals surface area contributed by atoms with E-state index < -0.39 is 28.7 Å². The lowest BCUT2D eigenvalue weighted by Gasteiger charge is -2.25. The molecule has 0 aromatic heterocycles. The maximum atomic E-state index is 13.2. The quantitative estimate of drug-likeness (QED) is 0.350. The highest BCUT2D eigenvalue weighted by Gasteiger charge is 2.42. The number of nitrogens with zero attached hydrogens (tertiary/aromatic N) is 2. The van der Waals surface area contributed by atoms with Crippen LogP contribution in [-0.2, 0) is 11.2 Å². The van der Waals surface area contributed by atoms with Gasteiger partial charge in [-0.1, -0.05) is 30.3 Å². The molecule has 1 aliphatic heterocycles. The molecule has 160 valence electrons. The molecular formula is C23H17N3O6. The van der Waals surface area contributed by atoms with E-state index in [4.69, 9.17) is 0 Å². The Kier molecular flexibility index (Phi) is 5.38. The molecule has 0 radical (unpaired) electrons. The van der Waals surface area contributed by atoms with Crippen molar-refractivity contribution < 1.29 is 24.4 Å². The van der Waals surface area contributed by atoms with Crippen molar-refractivity contribution in [2.24, 2.45) is 0 Å². The number of nitro groups is 1. The van der Waals surface area contributed by atoms with E-state index in [9.17, 15) is 29.6 Å². The number of fused-ring (bicyclic) bond motifs is 1. The van der Waals surface area contributed by atoms with Crippen molar-refractivity contribution >= 4 is 29.1 Å². The first kappa shape index (κ1) is 20.7. The van der Waals surface area contributed by atoms with Gasteiger partial charge in [-0.2, -0.15) is 0 Å². The molecule has 0 aliphatic carbocycles. The molecule has 3 amide bonds. The number of carbonyl (C=O) groups is 3. The number of carbonyl (C=O) groups excluding carboxylic acids is 3. The first-order chi connectivity index (χ1) is 15.3. The van der Waals surface area contributed by atoms with Crippen LogP contribution in [0, 0.1) is 10.1 Å². The van der Waals surface area contributed by atoms with Crippen LogP contribution in [0.4, 0.5) is 11.4 Å². The summed E-state index contributed by atoms with van der Waals surface area (Å²) in [6.45, 7) is 0. The third-order valence-corrected chi connectivity index (χ3v) is 5.13. The summed E-state index contributed by atoms with van der Waals surface area (Å²) >= 11 is 0. The molecule has 32 heavy (non-hydrogen) atoms. The van der Waals surface area contributed by atoms with Crippen LogP contribution in [0.3, 0.4) is 0 Å². The van der Waals surface area contributed by atoms with E-state index in [2.05, 4.69) is 5.32 Å². The molecule has 1 heterocycles. The molecule has 4 rings (SSSR count). The lowest BCUT2D eigenvalue weighted by molar-refractivity contribution is -0.384. The van der Waals surface area contributed by atoms with Gasteiger partial charge in [0.25, 0.3) is 17.5 Å². The summed E-state index contributed by atoms with van der Waals surface area (Å²) in [6, 6.07) is 16.5. The van der Waals surface area contributed by atoms with Crippen molar-refractivity contribution in [3.8, 4) is 5.75 Å². The zero-order valence-corrected chi connectivity index (χ0v) is 16.6. The number of amides is 3. The summed E-state index contributed by atoms with van der Waals surface area (Å²) in [7, 11) is 0. The van der Waals surface area contributed by atoms with Crippen LogP contribution in [0.2, 0.25) is 0 Å². The number of aromatic hydroxyl groups is 1. The SMILES string of the molecule is O=C(Nc1cccc(O)c1)C(Cc1ccc([N+](=O)[O-])cc1)N1C(=O)c2ccccc2C1=O. The Balaban J connectivity index is 1.68. The zero-order chi connectivity index (χ0) is 22.8. The molecule has 1 aliphatic rings. The number of anilines is 1. The highest BCUT2D eigenvalue weighted by atomic mass is 16.6. The van der Waals surface area contributed by atoms with Gasteiger partial charge in [-0.15, -0.1) is 0 Å². The van der Waals surface area contributed by atoms with Crippen LogP contribution >= 0.6 is 0 Å². The number of non-ortho nitro benzene ring substituents is 1. The van der Waals surface area contributed by atoms with Crippen molar-refractivity contribution in [1.82, 2.24) is 4.90 Å². The molecular weight excluding hydrogens is 414 g/mol. The predicted octanol–water partition coefficient (Wildman–Crippen LogP) is 3.15. The van der Waals surface area contributed by atoms with E-state index in [1.807, 2.05) is 0 Å². The van der Waals surface area contributed by atoms with Crippen LogP contribution in [-0.4, -0.2) is 38.7 Å². The first-order valence-electron chi connectivity index (χ1n) is 9.65. The van der Waals surface area contributed by atoms with Gasteiger partial charge in [0, 0.05) is 30.3 Å². The molecule has 0 spiro atoms. The van der Waals surface area contributed by atoms with Crippen LogP contribution < -0.4 is 5.32 Å². The van der Waals surface area contributed by atoms with Crippen molar-refractivity contribution in [3.63, 3.8) is 0 Å². The Morgan fingerprint density at radius 1 is 0.969 bits per heavy atom. The molecule has 3 aromatic carbocycles. The Hall–Kier alpha value is -4.53. The average Bonchev–Trinajstić information content (AvgIpc) is 3.03. The molecule has 2 N–H and O–H groups in total. The standard InChI is InChI=1S/C23H17N3O6/c27-17-5-3-4-15(13-17)24-21(28)20(12-14-8-10-16(11-9-14)26(31)32)25-22(29)18-6-1-2-7-19(18)23(25)30/h1-11,13,20,27H,12H2,(H,24,28). The van der Waals surface area contributed by atoms with Gasteiger partial charge in [0.1, 0.15) is 11.8 Å². The molecule has 9 nitrogen and oxygen atoms in total. The first-order valence-corrected chi connectivity index (χ1v) is 9.65. The summed E-state index contributed by atoms with van der Waals surface area (Å²) in [4.78, 5) is 50.4. The molecule has 9 heteroatoms. The molecule has 0 fully saturated rings.